The average Bonchev–Trinajstić information content (AvgIpc) is 2.64. The van der Waals surface area contributed by atoms with Crippen molar-refractivity contribution >= 4 is 25.0 Å². The normalized spacial score (nSPS) is 16.4. The van der Waals surface area contributed by atoms with Gasteiger partial charge in [-0.2, -0.15) is 5.26 Å². The van der Waals surface area contributed by atoms with Crippen molar-refractivity contribution in [2.75, 3.05) is 13.2 Å². The molecule has 1 aromatic carbocycles. The van der Waals surface area contributed by atoms with E-state index in [2.05, 4.69) is 37.1 Å². The molecule has 2 rings (SSSR count). The summed E-state index contributed by atoms with van der Waals surface area (Å²) in [7, 11) is -1.36. The molecule has 0 spiro atoms. The number of hydrogen-bond donors (Lipinski definition) is 1. The quantitative estimate of drug-likeness (QED) is 0.697. The Labute approximate surface area is 163 Å². The zero-order chi connectivity index (χ0) is 19.9. The van der Waals surface area contributed by atoms with E-state index in [-0.39, 0.29) is 30.4 Å². The van der Waals surface area contributed by atoms with Gasteiger partial charge in [0.15, 0.2) is 5.78 Å². The Bertz CT molecular complexity index is 683. The van der Waals surface area contributed by atoms with Crippen molar-refractivity contribution in [1.29, 1.82) is 5.26 Å². The summed E-state index contributed by atoms with van der Waals surface area (Å²) in [5, 5.41) is 12.9. The van der Waals surface area contributed by atoms with E-state index in [1.165, 1.54) is 5.19 Å². The van der Waals surface area contributed by atoms with Crippen molar-refractivity contribution < 1.29 is 14.3 Å². The van der Waals surface area contributed by atoms with Gasteiger partial charge in [0.25, 0.3) is 0 Å². The first-order valence-electron chi connectivity index (χ1n) is 9.67. The zero-order valence-electron chi connectivity index (χ0n) is 16.6. The van der Waals surface area contributed by atoms with E-state index < -0.39 is 14.1 Å². The Hall–Kier alpha value is -1.97. The Morgan fingerprint density at radius 1 is 1.22 bits per heavy atom. The maximum atomic E-state index is 13.0. The number of ketones is 1. The monoisotopic (exact) mass is 386 g/mol. The van der Waals surface area contributed by atoms with Crippen LogP contribution in [0.4, 0.5) is 0 Å². The van der Waals surface area contributed by atoms with Crippen molar-refractivity contribution in [1.82, 2.24) is 5.32 Å². The molecule has 0 aromatic heterocycles. The van der Waals surface area contributed by atoms with Crippen LogP contribution in [0, 0.1) is 17.2 Å². The van der Waals surface area contributed by atoms with E-state index in [0.29, 0.717) is 19.6 Å². The first kappa shape index (κ1) is 21.3. The van der Waals surface area contributed by atoms with Gasteiger partial charge in [0.1, 0.15) is 0 Å². The Kier molecular flexibility index (Phi) is 7.75. The maximum absolute atomic E-state index is 13.0. The number of Topliss-reactive ketones (excluding diaryl/α,β-unsaturated/α-hetero) is 1. The summed E-state index contributed by atoms with van der Waals surface area (Å²) < 4.78 is 5.40. The highest BCUT2D eigenvalue weighted by atomic mass is 28.3. The second kappa shape index (κ2) is 9.82. The van der Waals surface area contributed by atoms with Crippen LogP contribution >= 0.6 is 0 Å². The van der Waals surface area contributed by atoms with Crippen LogP contribution in [0.1, 0.15) is 31.2 Å². The Morgan fingerprint density at radius 2 is 1.85 bits per heavy atom. The number of nitrogens with one attached hydrogen (secondary N) is 1. The van der Waals surface area contributed by atoms with Gasteiger partial charge in [-0.25, -0.2) is 0 Å². The van der Waals surface area contributed by atoms with Gasteiger partial charge in [-0.15, -0.1) is 0 Å². The van der Waals surface area contributed by atoms with Crippen molar-refractivity contribution in [2.45, 2.75) is 57.8 Å². The molecule has 146 valence electrons. The van der Waals surface area contributed by atoms with Crippen LogP contribution in [0.2, 0.25) is 19.6 Å². The van der Waals surface area contributed by atoms with E-state index in [0.717, 1.165) is 18.4 Å². The minimum Gasteiger partial charge on any atom is -0.381 e. The van der Waals surface area contributed by atoms with Crippen molar-refractivity contribution in [3.63, 3.8) is 0 Å². The lowest BCUT2D eigenvalue weighted by Crippen LogP contribution is -2.48. The molecule has 1 amide bonds. The SMILES string of the molecule is C[Si](C)(C)c1ccc(CC(=O)C(NC(=O)CCC#N)C2CCOCC2)cc1. The number of benzene rings is 1. The molecule has 1 heterocycles. The van der Waals surface area contributed by atoms with E-state index in [1.54, 1.807) is 0 Å². The van der Waals surface area contributed by atoms with Gasteiger partial charge < -0.3 is 10.1 Å². The molecule has 1 aromatic rings. The highest BCUT2D eigenvalue weighted by Gasteiger charge is 2.31. The number of ether oxygens (including phenoxy) is 1. The molecule has 1 N–H and O–H groups in total. The molecule has 5 nitrogen and oxygen atoms in total. The minimum atomic E-state index is -1.36. The lowest BCUT2D eigenvalue weighted by Gasteiger charge is -2.30. The van der Waals surface area contributed by atoms with Crippen LogP contribution in [0.5, 0.6) is 0 Å². The van der Waals surface area contributed by atoms with Crippen LogP contribution in [0.15, 0.2) is 24.3 Å². The third-order valence-corrected chi connectivity index (χ3v) is 7.13. The molecule has 0 aliphatic carbocycles. The highest BCUT2D eigenvalue weighted by molar-refractivity contribution is 6.88. The Morgan fingerprint density at radius 3 is 2.41 bits per heavy atom. The Balaban J connectivity index is 2.08. The van der Waals surface area contributed by atoms with Gasteiger partial charge in [-0.1, -0.05) is 49.1 Å². The first-order chi connectivity index (χ1) is 12.8. The maximum Gasteiger partial charge on any atom is 0.221 e. The molecule has 0 saturated carbocycles. The minimum absolute atomic E-state index is 0.0351. The molecule has 1 aliphatic rings. The fourth-order valence-electron chi connectivity index (χ4n) is 3.36. The highest BCUT2D eigenvalue weighted by Crippen LogP contribution is 2.21. The smallest absolute Gasteiger partial charge is 0.221 e. The van der Waals surface area contributed by atoms with Crippen LogP contribution in [-0.2, 0) is 20.7 Å². The first-order valence-corrected chi connectivity index (χ1v) is 13.2. The lowest BCUT2D eigenvalue weighted by atomic mass is 9.87. The van der Waals surface area contributed by atoms with Gasteiger partial charge in [0, 0.05) is 32.5 Å². The lowest BCUT2D eigenvalue weighted by molar-refractivity contribution is -0.129. The molecule has 1 aliphatic heterocycles. The van der Waals surface area contributed by atoms with Crippen LogP contribution < -0.4 is 10.5 Å². The van der Waals surface area contributed by atoms with E-state index in [9.17, 15) is 9.59 Å². The third-order valence-electron chi connectivity index (χ3n) is 5.06. The summed E-state index contributed by atoms with van der Waals surface area (Å²) in [5.41, 5.74) is 0.977. The molecule has 1 unspecified atom stereocenters. The van der Waals surface area contributed by atoms with Gasteiger partial charge in [-0.3, -0.25) is 9.59 Å². The molecule has 0 bridgehead atoms. The summed E-state index contributed by atoms with van der Waals surface area (Å²) >= 11 is 0. The molecule has 1 saturated heterocycles. The summed E-state index contributed by atoms with van der Waals surface area (Å²) in [4.78, 5) is 25.1. The topological polar surface area (TPSA) is 79.2 Å². The molecule has 27 heavy (non-hydrogen) atoms. The fourth-order valence-corrected chi connectivity index (χ4v) is 4.53. The summed E-state index contributed by atoms with van der Waals surface area (Å²) in [6.45, 7) is 8.13. The molecule has 6 heteroatoms. The van der Waals surface area contributed by atoms with Crippen molar-refractivity contribution in [3.8, 4) is 6.07 Å². The van der Waals surface area contributed by atoms with E-state index in [1.807, 2.05) is 18.2 Å². The standard InChI is InChI=1S/C21H30N2O3Si/c1-27(2,3)18-8-6-16(7-9-18)15-19(24)21(17-10-13-26-14-11-17)23-20(25)5-4-12-22/h6-9,17,21H,4-5,10-11,13-15H2,1-3H3,(H,23,25). The number of carbonyl (C=O) groups is 2. The van der Waals surface area contributed by atoms with Crippen LogP contribution in [-0.4, -0.2) is 39.0 Å². The number of carbonyl (C=O) groups excluding carboxylic acids is 2. The van der Waals surface area contributed by atoms with Crippen molar-refractivity contribution in [3.05, 3.63) is 29.8 Å². The fraction of sp³-hybridized carbons (Fsp3) is 0.571. The summed E-state index contributed by atoms with van der Waals surface area (Å²) in [6, 6.07) is 9.79. The van der Waals surface area contributed by atoms with E-state index in [4.69, 9.17) is 10.00 Å². The van der Waals surface area contributed by atoms with Crippen molar-refractivity contribution in [2.24, 2.45) is 5.92 Å². The number of amides is 1. The van der Waals surface area contributed by atoms with Gasteiger partial charge >= 0.3 is 0 Å². The van der Waals surface area contributed by atoms with E-state index >= 15 is 0 Å². The second-order valence-electron chi connectivity index (χ2n) is 8.24. The average molecular weight is 387 g/mol. The predicted molar refractivity (Wildman–Crippen MR) is 108 cm³/mol. The summed E-state index contributed by atoms with van der Waals surface area (Å²) in [6.07, 6.45) is 2.15. The summed E-state index contributed by atoms with van der Waals surface area (Å²) in [5.74, 6) is -0.0954. The van der Waals surface area contributed by atoms with Crippen LogP contribution in [0.25, 0.3) is 0 Å². The van der Waals surface area contributed by atoms with Gasteiger partial charge in [-0.05, 0) is 24.3 Å². The number of nitrogens with zero attached hydrogens (tertiary/aromatic N) is 1. The second-order valence-corrected chi connectivity index (χ2v) is 13.3. The zero-order valence-corrected chi connectivity index (χ0v) is 17.6. The third kappa shape index (κ3) is 6.60. The largest absolute Gasteiger partial charge is 0.381 e. The van der Waals surface area contributed by atoms with Gasteiger partial charge in [0.05, 0.1) is 20.2 Å². The molecule has 1 atom stereocenters. The van der Waals surface area contributed by atoms with Gasteiger partial charge in [0.2, 0.25) is 5.91 Å². The number of hydrogen-bond acceptors (Lipinski definition) is 4. The number of rotatable bonds is 8. The predicted octanol–water partition coefficient (Wildman–Crippen LogP) is 2.56. The molecule has 0 radical (unpaired) electrons. The molecule has 1 fully saturated rings. The number of nitriles is 1. The molecular weight excluding hydrogens is 356 g/mol. The van der Waals surface area contributed by atoms with Crippen LogP contribution in [0.3, 0.4) is 0 Å². The molecular formula is C21H30N2O3Si.